The fraction of sp³-hybridized carbons (Fsp3) is 0.364. The molecule has 0 aliphatic carbocycles. The van der Waals surface area contributed by atoms with Crippen LogP contribution in [-0.4, -0.2) is 35.8 Å². The van der Waals surface area contributed by atoms with E-state index in [1.54, 1.807) is 19.1 Å². The lowest BCUT2D eigenvalue weighted by atomic mass is 10.2. The number of nitrogens with zero attached hydrogens (tertiary/aromatic N) is 1. The maximum atomic E-state index is 10.7. The first-order valence-electron chi connectivity index (χ1n) is 5.20. The van der Waals surface area contributed by atoms with E-state index in [1.807, 2.05) is 0 Å². The standard InChI is InChI=1S/C11H14N2O5/c1-7-3-4-8(5-9(7)13(16)17)12-6-10(18-2)11(14)15/h3-5,10,12H,6H2,1-2H3,(H,14,15). The number of hydrogen-bond donors (Lipinski definition) is 2. The van der Waals surface area contributed by atoms with Gasteiger partial charge in [-0.1, -0.05) is 6.07 Å². The molecule has 7 heteroatoms. The molecule has 1 rings (SSSR count). The second-order valence-electron chi connectivity index (χ2n) is 3.70. The summed E-state index contributed by atoms with van der Waals surface area (Å²) < 4.78 is 4.74. The molecule has 1 atom stereocenters. The molecule has 0 radical (unpaired) electrons. The topological polar surface area (TPSA) is 102 Å². The molecule has 0 fully saturated rings. The van der Waals surface area contributed by atoms with Gasteiger partial charge in [-0.2, -0.15) is 0 Å². The van der Waals surface area contributed by atoms with Crippen LogP contribution in [0.15, 0.2) is 18.2 Å². The van der Waals surface area contributed by atoms with Crippen molar-refractivity contribution < 1.29 is 19.6 Å². The summed E-state index contributed by atoms with van der Waals surface area (Å²) in [5, 5.41) is 22.3. The zero-order valence-electron chi connectivity index (χ0n) is 10.0. The highest BCUT2D eigenvalue weighted by molar-refractivity contribution is 5.73. The van der Waals surface area contributed by atoms with Gasteiger partial charge < -0.3 is 15.2 Å². The average molecular weight is 254 g/mol. The highest BCUT2D eigenvalue weighted by Gasteiger charge is 2.16. The lowest BCUT2D eigenvalue weighted by Crippen LogP contribution is -2.30. The van der Waals surface area contributed by atoms with Crippen LogP contribution in [0.2, 0.25) is 0 Å². The van der Waals surface area contributed by atoms with E-state index >= 15 is 0 Å². The van der Waals surface area contributed by atoms with Crippen molar-refractivity contribution in [1.82, 2.24) is 0 Å². The van der Waals surface area contributed by atoms with Crippen LogP contribution in [-0.2, 0) is 9.53 Å². The van der Waals surface area contributed by atoms with Crippen molar-refractivity contribution in [3.63, 3.8) is 0 Å². The fourth-order valence-corrected chi connectivity index (χ4v) is 1.40. The number of aliphatic carboxylic acids is 1. The molecule has 0 aliphatic heterocycles. The summed E-state index contributed by atoms with van der Waals surface area (Å²) in [6.45, 7) is 1.67. The van der Waals surface area contributed by atoms with Crippen LogP contribution in [0.25, 0.3) is 0 Å². The molecule has 7 nitrogen and oxygen atoms in total. The van der Waals surface area contributed by atoms with Gasteiger partial charge >= 0.3 is 5.97 Å². The normalized spacial score (nSPS) is 11.9. The molecule has 98 valence electrons. The molecular weight excluding hydrogens is 240 g/mol. The number of nitrogens with one attached hydrogen (secondary N) is 1. The Labute approximate surface area is 104 Å². The summed E-state index contributed by atoms with van der Waals surface area (Å²) in [5.74, 6) is -1.09. The summed E-state index contributed by atoms with van der Waals surface area (Å²) >= 11 is 0. The molecule has 0 aliphatic rings. The number of anilines is 1. The number of aryl methyl sites for hydroxylation is 1. The number of nitro groups is 1. The van der Waals surface area contributed by atoms with Gasteiger partial charge in [-0.3, -0.25) is 10.1 Å². The molecule has 18 heavy (non-hydrogen) atoms. The third kappa shape index (κ3) is 3.42. The van der Waals surface area contributed by atoms with E-state index in [-0.39, 0.29) is 12.2 Å². The van der Waals surface area contributed by atoms with Gasteiger partial charge in [-0.25, -0.2) is 4.79 Å². The maximum absolute atomic E-state index is 10.7. The number of hydrogen-bond acceptors (Lipinski definition) is 5. The first-order valence-corrected chi connectivity index (χ1v) is 5.20. The van der Waals surface area contributed by atoms with Gasteiger partial charge in [0.25, 0.3) is 5.69 Å². The van der Waals surface area contributed by atoms with Gasteiger partial charge in [0.1, 0.15) is 0 Å². The first kappa shape index (κ1) is 13.9. The van der Waals surface area contributed by atoms with Crippen LogP contribution in [0.3, 0.4) is 0 Å². The van der Waals surface area contributed by atoms with E-state index in [9.17, 15) is 14.9 Å². The van der Waals surface area contributed by atoms with E-state index in [4.69, 9.17) is 9.84 Å². The van der Waals surface area contributed by atoms with Gasteiger partial charge in [-0.05, 0) is 13.0 Å². The molecule has 0 spiro atoms. The number of carboxylic acids is 1. The van der Waals surface area contributed by atoms with E-state index in [0.717, 1.165) is 0 Å². The fourth-order valence-electron chi connectivity index (χ4n) is 1.40. The number of rotatable bonds is 6. The van der Waals surface area contributed by atoms with Crippen molar-refractivity contribution in [2.24, 2.45) is 0 Å². The SMILES string of the molecule is COC(CNc1ccc(C)c([N+](=O)[O-])c1)C(=O)O. The Morgan fingerprint density at radius 1 is 1.61 bits per heavy atom. The van der Waals surface area contributed by atoms with Crippen molar-refractivity contribution >= 4 is 17.3 Å². The third-order valence-electron chi connectivity index (χ3n) is 2.46. The molecule has 1 aromatic carbocycles. The minimum absolute atomic E-state index is 0.00991. The molecule has 1 unspecified atom stereocenters. The minimum Gasteiger partial charge on any atom is -0.479 e. The first-order chi connectivity index (χ1) is 8.45. The number of benzene rings is 1. The summed E-state index contributed by atoms with van der Waals surface area (Å²) in [6.07, 6.45) is -0.995. The molecule has 0 saturated carbocycles. The average Bonchev–Trinajstić information content (AvgIpc) is 2.31. The van der Waals surface area contributed by atoms with Gasteiger partial charge in [0.15, 0.2) is 6.10 Å². The van der Waals surface area contributed by atoms with Gasteiger partial charge in [0.2, 0.25) is 0 Å². The largest absolute Gasteiger partial charge is 0.479 e. The van der Waals surface area contributed by atoms with Crippen LogP contribution in [0, 0.1) is 17.0 Å². The molecule has 0 heterocycles. The molecule has 0 aromatic heterocycles. The van der Waals surface area contributed by atoms with Crippen molar-refractivity contribution in [3.8, 4) is 0 Å². The number of carbonyl (C=O) groups is 1. The number of ether oxygens (including phenoxy) is 1. The van der Waals surface area contributed by atoms with Crippen LogP contribution in [0.5, 0.6) is 0 Å². The van der Waals surface area contributed by atoms with Crippen LogP contribution in [0.4, 0.5) is 11.4 Å². The van der Waals surface area contributed by atoms with E-state index in [1.165, 1.54) is 13.2 Å². The Balaban J connectivity index is 2.77. The second kappa shape index (κ2) is 5.97. The van der Waals surface area contributed by atoms with Crippen LogP contribution >= 0.6 is 0 Å². The second-order valence-corrected chi connectivity index (χ2v) is 3.70. The van der Waals surface area contributed by atoms with Crippen molar-refractivity contribution in [2.75, 3.05) is 19.0 Å². The Bertz CT molecular complexity index is 461. The zero-order valence-corrected chi connectivity index (χ0v) is 10.0. The number of carboxylic acid groups (broad SMARTS) is 1. The lowest BCUT2D eigenvalue weighted by Gasteiger charge is -2.12. The van der Waals surface area contributed by atoms with Gasteiger partial charge in [0.05, 0.1) is 11.5 Å². The van der Waals surface area contributed by atoms with Crippen LogP contribution in [0.1, 0.15) is 5.56 Å². The predicted molar refractivity (Wildman–Crippen MR) is 64.8 cm³/mol. The third-order valence-corrected chi connectivity index (χ3v) is 2.46. The van der Waals surface area contributed by atoms with E-state index in [0.29, 0.717) is 11.3 Å². The quantitative estimate of drug-likeness (QED) is 0.588. The van der Waals surface area contributed by atoms with E-state index in [2.05, 4.69) is 5.32 Å². The smallest absolute Gasteiger partial charge is 0.334 e. The lowest BCUT2D eigenvalue weighted by molar-refractivity contribution is -0.385. The Morgan fingerprint density at radius 2 is 2.28 bits per heavy atom. The highest BCUT2D eigenvalue weighted by Crippen LogP contribution is 2.22. The number of nitro benzene ring substituents is 1. The maximum Gasteiger partial charge on any atom is 0.334 e. The summed E-state index contributed by atoms with van der Waals surface area (Å²) in [4.78, 5) is 21.0. The zero-order chi connectivity index (χ0) is 13.7. The van der Waals surface area contributed by atoms with Gasteiger partial charge in [0, 0.05) is 24.4 Å². The van der Waals surface area contributed by atoms with Gasteiger partial charge in [-0.15, -0.1) is 0 Å². The highest BCUT2D eigenvalue weighted by atomic mass is 16.6. The molecule has 2 N–H and O–H groups in total. The summed E-state index contributed by atoms with van der Waals surface area (Å²) in [7, 11) is 1.29. The molecular formula is C11H14N2O5. The monoisotopic (exact) mass is 254 g/mol. The Hall–Kier alpha value is -2.15. The van der Waals surface area contributed by atoms with E-state index < -0.39 is 17.0 Å². The number of methoxy groups -OCH3 is 1. The molecule has 0 saturated heterocycles. The van der Waals surface area contributed by atoms with Crippen molar-refractivity contribution in [2.45, 2.75) is 13.0 Å². The molecule has 1 aromatic rings. The predicted octanol–water partition coefficient (Wildman–Crippen LogP) is 1.41. The summed E-state index contributed by atoms with van der Waals surface area (Å²) in [6, 6.07) is 4.61. The van der Waals surface area contributed by atoms with Crippen LogP contribution < -0.4 is 5.32 Å². The van der Waals surface area contributed by atoms with Crippen molar-refractivity contribution in [3.05, 3.63) is 33.9 Å². The Kier molecular flexibility index (Phi) is 4.61. The molecule has 0 bridgehead atoms. The van der Waals surface area contributed by atoms with Crippen molar-refractivity contribution in [1.29, 1.82) is 0 Å². The Morgan fingerprint density at radius 3 is 2.78 bits per heavy atom. The molecule has 0 amide bonds. The minimum atomic E-state index is -1.09. The summed E-state index contributed by atoms with van der Waals surface area (Å²) in [5.41, 5.74) is 1.02.